The maximum atomic E-state index is 15.3. The van der Waals surface area contributed by atoms with Crippen LogP contribution in [0.15, 0.2) is 24.5 Å². The summed E-state index contributed by atoms with van der Waals surface area (Å²) in [4.78, 5) is 29.0. The number of ether oxygens (including phenoxy) is 1. The Morgan fingerprint density at radius 3 is 2.97 bits per heavy atom. The highest BCUT2D eigenvalue weighted by Gasteiger charge is 2.28. The van der Waals surface area contributed by atoms with E-state index in [0.717, 1.165) is 12.8 Å². The van der Waals surface area contributed by atoms with E-state index in [2.05, 4.69) is 15.3 Å². The van der Waals surface area contributed by atoms with E-state index in [1.165, 1.54) is 13.2 Å². The molecule has 30 heavy (non-hydrogen) atoms. The summed E-state index contributed by atoms with van der Waals surface area (Å²) < 4.78 is 21.6. The number of methoxy groups -OCH3 is 1. The van der Waals surface area contributed by atoms with Gasteiger partial charge in [-0.2, -0.15) is 0 Å². The van der Waals surface area contributed by atoms with Crippen LogP contribution in [-0.4, -0.2) is 57.0 Å². The number of aryl methyl sites for hydroxylation is 1. The fourth-order valence-corrected chi connectivity index (χ4v) is 4.20. The first-order chi connectivity index (χ1) is 14.5. The van der Waals surface area contributed by atoms with Crippen molar-refractivity contribution in [2.45, 2.75) is 31.7 Å². The lowest BCUT2D eigenvalue weighted by molar-refractivity contribution is -0.132. The smallest absolute Gasteiger partial charge is 0.354 e. The van der Waals surface area contributed by atoms with Crippen molar-refractivity contribution in [1.29, 1.82) is 0 Å². The standard InChI is InChI=1S/C20H21ClFN5O3/c1-30-20(29)16-10-14-15(21)9-13(18(22)19(14)24-16)12-3-2-6-26(11-12)17(28)4-7-27-8-5-23-25-27/h5,8-10,12,24H,2-4,6-7,11H2,1H3/t12-/m0/s1. The second kappa shape index (κ2) is 8.43. The first kappa shape index (κ1) is 20.3. The lowest BCUT2D eigenvalue weighted by Crippen LogP contribution is -2.39. The third kappa shape index (κ3) is 3.89. The molecule has 0 spiro atoms. The number of benzene rings is 1. The minimum atomic E-state index is -0.593. The number of likely N-dealkylation sites (tertiary alicyclic amines) is 1. The lowest BCUT2D eigenvalue weighted by atomic mass is 9.89. The maximum Gasteiger partial charge on any atom is 0.354 e. The minimum Gasteiger partial charge on any atom is -0.464 e. The van der Waals surface area contributed by atoms with E-state index in [0.29, 0.717) is 42.0 Å². The average molecular weight is 434 g/mol. The fourth-order valence-electron chi connectivity index (χ4n) is 3.93. The van der Waals surface area contributed by atoms with E-state index in [1.54, 1.807) is 28.0 Å². The van der Waals surface area contributed by atoms with E-state index in [9.17, 15) is 9.59 Å². The number of esters is 1. The van der Waals surface area contributed by atoms with E-state index in [4.69, 9.17) is 16.3 Å². The Balaban J connectivity index is 1.54. The number of nitrogens with one attached hydrogen (secondary N) is 1. The van der Waals surface area contributed by atoms with Gasteiger partial charge in [0.05, 0.1) is 30.4 Å². The van der Waals surface area contributed by atoms with E-state index in [1.807, 2.05) is 0 Å². The van der Waals surface area contributed by atoms with Crippen LogP contribution >= 0.6 is 11.6 Å². The largest absolute Gasteiger partial charge is 0.464 e. The molecule has 0 saturated carbocycles. The number of halogens is 2. The molecule has 1 saturated heterocycles. The summed E-state index contributed by atoms with van der Waals surface area (Å²) in [6.07, 6.45) is 5.09. The normalized spacial score (nSPS) is 16.8. The van der Waals surface area contributed by atoms with Crippen LogP contribution in [0.5, 0.6) is 0 Å². The molecule has 0 bridgehead atoms. The molecule has 1 aliphatic heterocycles. The van der Waals surface area contributed by atoms with Gasteiger partial charge in [0.15, 0.2) is 5.82 Å². The van der Waals surface area contributed by atoms with Crippen LogP contribution in [-0.2, 0) is 16.1 Å². The number of aromatic amines is 1. The number of aromatic nitrogens is 4. The molecule has 1 aliphatic rings. The van der Waals surface area contributed by atoms with Crippen LogP contribution in [0, 0.1) is 5.82 Å². The first-order valence-electron chi connectivity index (χ1n) is 9.68. The van der Waals surface area contributed by atoms with Crippen LogP contribution in [0.25, 0.3) is 10.9 Å². The zero-order chi connectivity index (χ0) is 21.3. The van der Waals surface area contributed by atoms with Crippen molar-refractivity contribution in [1.82, 2.24) is 24.9 Å². The van der Waals surface area contributed by atoms with Gasteiger partial charge in [0.1, 0.15) is 5.69 Å². The molecule has 2 aromatic heterocycles. The SMILES string of the molecule is COC(=O)c1cc2c(Cl)cc([C@H]3CCCN(C(=O)CCn4ccnn4)C3)c(F)c2[nH]1. The molecule has 3 heterocycles. The molecule has 10 heteroatoms. The average Bonchev–Trinajstić information content (AvgIpc) is 3.44. The summed E-state index contributed by atoms with van der Waals surface area (Å²) in [6, 6.07) is 3.08. The number of nitrogens with zero attached hydrogens (tertiary/aromatic N) is 4. The van der Waals surface area contributed by atoms with Crippen molar-refractivity contribution in [3.8, 4) is 0 Å². The molecule has 3 aromatic rings. The molecular weight excluding hydrogens is 413 g/mol. The molecule has 1 aromatic carbocycles. The summed E-state index contributed by atoms with van der Waals surface area (Å²) in [6.45, 7) is 1.50. The zero-order valence-corrected chi connectivity index (χ0v) is 17.2. The molecule has 1 amide bonds. The van der Waals surface area contributed by atoms with Gasteiger partial charge in [-0.05, 0) is 30.5 Å². The van der Waals surface area contributed by atoms with Gasteiger partial charge in [-0.1, -0.05) is 16.8 Å². The van der Waals surface area contributed by atoms with Crippen molar-refractivity contribution in [2.75, 3.05) is 20.2 Å². The van der Waals surface area contributed by atoms with Crippen molar-refractivity contribution in [3.63, 3.8) is 0 Å². The Labute approximate surface area is 176 Å². The van der Waals surface area contributed by atoms with Gasteiger partial charge in [0.2, 0.25) is 5.91 Å². The van der Waals surface area contributed by atoms with Crippen LogP contribution in [0.3, 0.4) is 0 Å². The van der Waals surface area contributed by atoms with Gasteiger partial charge in [0, 0.05) is 37.0 Å². The third-order valence-corrected chi connectivity index (χ3v) is 5.79. The van der Waals surface area contributed by atoms with Crippen molar-refractivity contribution in [2.24, 2.45) is 0 Å². The van der Waals surface area contributed by atoms with Crippen molar-refractivity contribution in [3.05, 3.63) is 46.6 Å². The number of carbonyl (C=O) groups excluding carboxylic acids is 2. The molecule has 8 nitrogen and oxygen atoms in total. The lowest BCUT2D eigenvalue weighted by Gasteiger charge is -2.33. The number of H-pyrrole nitrogens is 1. The second-order valence-electron chi connectivity index (χ2n) is 7.32. The fraction of sp³-hybridized carbons (Fsp3) is 0.400. The quantitative estimate of drug-likeness (QED) is 0.624. The Kier molecular flexibility index (Phi) is 5.72. The molecule has 0 radical (unpaired) electrons. The van der Waals surface area contributed by atoms with E-state index in [-0.39, 0.29) is 23.0 Å². The number of fused-ring (bicyclic) bond motifs is 1. The summed E-state index contributed by atoms with van der Waals surface area (Å²) in [5.74, 6) is -1.23. The van der Waals surface area contributed by atoms with Crippen LogP contribution in [0.4, 0.5) is 4.39 Å². The topological polar surface area (TPSA) is 93.1 Å². The Hall–Kier alpha value is -2.94. The molecule has 1 atom stereocenters. The maximum absolute atomic E-state index is 15.3. The highest BCUT2D eigenvalue weighted by Crippen LogP contribution is 2.36. The van der Waals surface area contributed by atoms with Gasteiger partial charge in [-0.3, -0.25) is 9.48 Å². The molecule has 1 fully saturated rings. The Morgan fingerprint density at radius 2 is 2.23 bits per heavy atom. The van der Waals surface area contributed by atoms with Crippen LogP contribution < -0.4 is 0 Å². The van der Waals surface area contributed by atoms with Gasteiger partial charge in [-0.15, -0.1) is 5.10 Å². The number of hydrogen-bond donors (Lipinski definition) is 1. The summed E-state index contributed by atoms with van der Waals surface area (Å²) in [5, 5.41) is 8.36. The number of amides is 1. The molecular formula is C20H21ClFN5O3. The second-order valence-corrected chi connectivity index (χ2v) is 7.73. The number of hydrogen-bond acceptors (Lipinski definition) is 5. The van der Waals surface area contributed by atoms with Crippen LogP contribution in [0.2, 0.25) is 5.02 Å². The molecule has 4 rings (SSSR count). The monoisotopic (exact) mass is 433 g/mol. The highest BCUT2D eigenvalue weighted by molar-refractivity contribution is 6.35. The number of piperidine rings is 1. The molecule has 0 aliphatic carbocycles. The number of rotatable bonds is 5. The van der Waals surface area contributed by atoms with E-state index < -0.39 is 11.8 Å². The first-order valence-corrected chi connectivity index (χ1v) is 10.1. The Bertz CT molecular complexity index is 1080. The van der Waals surface area contributed by atoms with Gasteiger partial charge in [-0.25, -0.2) is 9.18 Å². The van der Waals surface area contributed by atoms with Gasteiger partial charge >= 0.3 is 5.97 Å². The number of carbonyl (C=O) groups is 2. The Morgan fingerprint density at radius 1 is 1.40 bits per heavy atom. The van der Waals surface area contributed by atoms with Crippen molar-refractivity contribution >= 4 is 34.4 Å². The minimum absolute atomic E-state index is 0.00404. The molecule has 158 valence electrons. The predicted octanol–water partition coefficient (Wildman–Crippen LogP) is 3.13. The zero-order valence-electron chi connectivity index (χ0n) is 16.4. The van der Waals surface area contributed by atoms with Crippen LogP contribution in [0.1, 0.15) is 41.2 Å². The van der Waals surface area contributed by atoms with Gasteiger partial charge < -0.3 is 14.6 Å². The predicted molar refractivity (Wildman–Crippen MR) is 108 cm³/mol. The molecule has 1 N–H and O–H groups in total. The summed E-state index contributed by atoms with van der Waals surface area (Å²) in [5.41, 5.74) is 0.756. The third-order valence-electron chi connectivity index (χ3n) is 5.48. The summed E-state index contributed by atoms with van der Waals surface area (Å²) >= 11 is 6.39. The summed E-state index contributed by atoms with van der Waals surface area (Å²) in [7, 11) is 1.26. The molecule has 0 unspecified atom stereocenters. The van der Waals surface area contributed by atoms with Crippen molar-refractivity contribution < 1.29 is 18.7 Å². The van der Waals surface area contributed by atoms with E-state index >= 15 is 4.39 Å². The van der Waals surface area contributed by atoms with Gasteiger partial charge in [0.25, 0.3) is 0 Å². The highest BCUT2D eigenvalue weighted by atomic mass is 35.5.